The summed E-state index contributed by atoms with van der Waals surface area (Å²) in [5.41, 5.74) is 4.15. The summed E-state index contributed by atoms with van der Waals surface area (Å²) in [5, 5.41) is 13.9. The molecule has 0 radical (unpaired) electrons. The van der Waals surface area contributed by atoms with Gasteiger partial charge in [-0.1, -0.05) is 32.9 Å². The average molecular weight is 298 g/mol. The molecule has 0 bridgehead atoms. The van der Waals surface area contributed by atoms with E-state index in [1.807, 2.05) is 12.1 Å². The van der Waals surface area contributed by atoms with Gasteiger partial charge in [-0.2, -0.15) is 15.4 Å². The van der Waals surface area contributed by atoms with Gasteiger partial charge in [0.15, 0.2) is 0 Å². The molecule has 0 aliphatic heterocycles. The van der Waals surface area contributed by atoms with Gasteiger partial charge >= 0.3 is 0 Å². The Kier molecular flexibility index (Phi) is 3.72. The van der Waals surface area contributed by atoms with Gasteiger partial charge in [-0.25, -0.2) is 0 Å². The molecule has 5 nitrogen and oxygen atoms in total. The molecule has 0 saturated heterocycles. The van der Waals surface area contributed by atoms with Gasteiger partial charge in [0.25, 0.3) is 0 Å². The Bertz CT molecular complexity index is 667. The molecule has 1 heterocycles. The summed E-state index contributed by atoms with van der Waals surface area (Å²) in [6.07, 6.45) is 2.30. The Balaban J connectivity index is 1.65. The number of nitrogens with one attached hydrogen (secondary N) is 2. The number of aromatic nitrogens is 3. The SMILES string of the molecule is CC(C)(C)c1ccc(NC(=O)C2CCc3n[nH]nc3C2)cc1. The van der Waals surface area contributed by atoms with Crippen molar-refractivity contribution < 1.29 is 4.79 Å². The highest BCUT2D eigenvalue weighted by molar-refractivity contribution is 5.92. The van der Waals surface area contributed by atoms with Gasteiger partial charge in [-0.05, 0) is 36.0 Å². The minimum atomic E-state index is -0.0279. The number of nitrogens with zero attached hydrogens (tertiary/aromatic N) is 2. The maximum Gasteiger partial charge on any atom is 0.227 e. The predicted octanol–water partition coefficient (Wildman–Crippen LogP) is 2.85. The van der Waals surface area contributed by atoms with Crippen molar-refractivity contribution in [2.75, 3.05) is 5.32 Å². The number of amides is 1. The van der Waals surface area contributed by atoms with Crippen molar-refractivity contribution >= 4 is 11.6 Å². The molecular weight excluding hydrogens is 276 g/mol. The first kappa shape index (κ1) is 14.8. The van der Waals surface area contributed by atoms with Gasteiger partial charge in [0.05, 0.1) is 11.4 Å². The van der Waals surface area contributed by atoms with Gasteiger partial charge in [0.2, 0.25) is 5.91 Å². The molecule has 1 aromatic heterocycles. The lowest BCUT2D eigenvalue weighted by molar-refractivity contribution is -0.120. The molecule has 2 aromatic rings. The number of carbonyl (C=O) groups is 1. The number of H-pyrrole nitrogens is 1. The van der Waals surface area contributed by atoms with Crippen LogP contribution in [0.2, 0.25) is 0 Å². The maximum atomic E-state index is 12.4. The van der Waals surface area contributed by atoms with E-state index in [-0.39, 0.29) is 17.2 Å². The lowest BCUT2D eigenvalue weighted by Crippen LogP contribution is -2.28. The monoisotopic (exact) mass is 298 g/mol. The number of hydrogen-bond acceptors (Lipinski definition) is 3. The van der Waals surface area contributed by atoms with Gasteiger partial charge < -0.3 is 5.32 Å². The summed E-state index contributed by atoms with van der Waals surface area (Å²) < 4.78 is 0. The molecular formula is C17H22N4O. The highest BCUT2D eigenvalue weighted by atomic mass is 16.1. The van der Waals surface area contributed by atoms with Crippen molar-refractivity contribution in [2.45, 2.75) is 45.4 Å². The third-order valence-corrected chi connectivity index (χ3v) is 4.26. The van der Waals surface area contributed by atoms with Gasteiger partial charge in [-0.15, -0.1) is 0 Å². The minimum absolute atomic E-state index is 0.0279. The number of aromatic amines is 1. The van der Waals surface area contributed by atoms with Crippen LogP contribution in [0.15, 0.2) is 24.3 Å². The van der Waals surface area contributed by atoms with Crippen LogP contribution in [0.4, 0.5) is 5.69 Å². The van der Waals surface area contributed by atoms with Crippen LogP contribution in [0.3, 0.4) is 0 Å². The van der Waals surface area contributed by atoms with Crippen molar-refractivity contribution in [2.24, 2.45) is 5.92 Å². The molecule has 5 heteroatoms. The third kappa shape index (κ3) is 3.03. The third-order valence-electron chi connectivity index (χ3n) is 4.26. The Hall–Kier alpha value is -2.17. The predicted molar refractivity (Wildman–Crippen MR) is 85.7 cm³/mol. The zero-order valence-corrected chi connectivity index (χ0v) is 13.3. The molecule has 1 unspecified atom stereocenters. The fraction of sp³-hybridized carbons (Fsp3) is 0.471. The fourth-order valence-electron chi connectivity index (χ4n) is 2.81. The molecule has 116 valence electrons. The van der Waals surface area contributed by atoms with E-state index in [0.29, 0.717) is 6.42 Å². The Labute approximate surface area is 130 Å². The minimum Gasteiger partial charge on any atom is -0.326 e. The molecule has 1 atom stereocenters. The molecule has 3 rings (SSSR count). The molecule has 1 aliphatic carbocycles. The highest BCUT2D eigenvalue weighted by Crippen LogP contribution is 2.25. The van der Waals surface area contributed by atoms with Crippen molar-refractivity contribution in [3.63, 3.8) is 0 Å². The second-order valence-corrected chi connectivity index (χ2v) is 6.97. The standard InChI is InChI=1S/C17H22N4O/c1-17(2,3)12-5-7-13(8-6-12)18-16(22)11-4-9-14-15(10-11)20-21-19-14/h5-8,11H,4,9-10H2,1-3H3,(H,18,22)(H,19,20,21). The first-order valence-corrected chi connectivity index (χ1v) is 7.73. The molecule has 1 aliphatic rings. The highest BCUT2D eigenvalue weighted by Gasteiger charge is 2.27. The van der Waals surface area contributed by atoms with Crippen LogP contribution in [0.1, 0.15) is 44.1 Å². The van der Waals surface area contributed by atoms with Gasteiger partial charge in [0, 0.05) is 18.0 Å². The zero-order chi connectivity index (χ0) is 15.7. The summed E-state index contributed by atoms with van der Waals surface area (Å²) in [6.45, 7) is 6.54. The van der Waals surface area contributed by atoms with E-state index in [1.165, 1.54) is 5.56 Å². The van der Waals surface area contributed by atoms with E-state index in [4.69, 9.17) is 0 Å². The van der Waals surface area contributed by atoms with E-state index in [2.05, 4.69) is 53.6 Å². The normalized spacial score (nSPS) is 17.9. The smallest absolute Gasteiger partial charge is 0.227 e. The summed E-state index contributed by atoms with van der Waals surface area (Å²) in [6, 6.07) is 8.10. The molecule has 0 fully saturated rings. The van der Waals surface area contributed by atoms with Crippen LogP contribution in [-0.2, 0) is 23.1 Å². The van der Waals surface area contributed by atoms with Crippen molar-refractivity contribution in [3.05, 3.63) is 41.2 Å². The van der Waals surface area contributed by atoms with Crippen molar-refractivity contribution in [3.8, 4) is 0 Å². The number of anilines is 1. The van der Waals surface area contributed by atoms with E-state index in [9.17, 15) is 4.79 Å². The van der Waals surface area contributed by atoms with E-state index < -0.39 is 0 Å². The molecule has 0 spiro atoms. The van der Waals surface area contributed by atoms with Crippen molar-refractivity contribution in [1.29, 1.82) is 0 Å². The van der Waals surface area contributed by atoms with E-state index >= 15 is 0 Å². The second-order valence-electron chi connectivity index (χ2n) is 6.97. The van der Waals surface area contributed by atoms with Gasteiger partial charge in [0.1, 0.15) is 0 Å². The summed E-state index contributed by atoms with van der Waals surface area (Å²) in [5.74, 6) is 0.0389. The Morgan fingerprint density at radius 1 is 1.18 bits per heavy atom. The van der Waals surface area contributed by atoms with Crippen LogP contribution < -0.4 is 5.32 Å². The van der Waals surface area contributed by atoms with Crippen LogP contribution in [0.25, 0.3) is 0 Å². The lowest BCUT2D eigenvalue weighted by Gasteiger charge is -2.21. The van der Waals surface area contributed by atoms with E-state index in [1.54, 1.807) is 0 Å². The van der Waals surface area contributed by atoms with Crippen LogP contribution in [0, 0.1) is 5.92 Å². The van der Waals surface area contributed by atoms with Gasteiger partial charge in [-0.3, -0.25) is 4.79 Å². The number of fused-ring (bicyclic) bond motifs is 1. The first-order valence-electron chi connectivity index (χ1n) is 7.73. The van der Waals surface area contributed by atoms with Crippen LogP contribution in [-0.4, -0.2) is 21.3 Å². The Morgan fingerprint density at radius 2 is 1.86 bits per heavy atom. The lowest BCUT2D eigenvalue weighted by atomic mass is 9.87. The topological polar surface area (TPSA) is 70.7 Å². The number of hydrogen-bond donors (Lipinski definition) is 2. The number of carbonyl (C=O) groups excluding carboxylic acids is 1. The number of rotatable bonds is 2. The number of aryl methyl sites for hydroxylation is 1. The average Bonchev–Trinajstić information content (AvgIpc) is 2.94. The Morgan fingerprint density at radius 3 is 2.55 bits per heavy atom. The first-order chi connectivity index (χ1) is 10.4. The summed E-state index contributed by atoms with van der Waals surface area (Å²) in [7, 11) is 0. The second kappa shape index (κ2) is 5.55. The van der Waals surface area contributed by atoms with Crippen LogP contribution in [0.5, 0.6) is 0 Å². The largest absolute Gasteiger partial charge is 0.326 e. The fourth-order valence-corrected chi connectivity index (χ4v) is 2.81. The molecule has 22 heavy (non-hydrogen) atoms. The zero-order valence-electron chi connectivity index (χ0n) is 13.3. The molecule has 1 amide bonds. The van der Waals surface area contributed by atoms with E-state index in [0.717, 1.165) is 29.9 Å². The quantitative estimate of drug-likeness (QED) is 0.895. The number of benzene rings is 1. The van der Waals surface area contributed by atoms with Crippen LogP contribution >= 0.6 is 0 Å². The maximum absolute atomic E-state index is 12.4. The molecule has 0 saturated carbocycles. The summed E-state index contributed by atoms with van der Waals surface area (Å²) >= 11 is 0. The molecule has 1 aromatic carbocycles. The van der Waals surface area contributed by atoms with Crippen molar-refractivity contribution in [1.82, 2.24) is 15.4 Å². The molecule has 2 N–H and O–H groups in total. The summed E-state index contributed by atoms with van der Waals surface area (Å²) in [4.78, 5) is 12.4.